The fourth-order valence-corrected chi connectivity index (χ4v) is 5.52. The first kappa shape index (κ1) is 26.1. The quantitative estimate of drug-likeness (QED) is 0.293. The fraction of sp³-hybridized carbons (Fsp3) is 0.385. The van der Waals surface area contributed by atoms with Crippen molar-refractivity contribution in [3.05, 3.63) is 47.3 Å². The van der Waals surface area contributed by atoms with Gasteiger partial charge in [0.2, 0.25) is 0 Å². The van der Waals surface area contributed by atoms with Crippen molar-refractivity contribution in [3.8, 4) is 11.5 Å². The van der Waals surface area contributed by atoms with Crippen LogP contribution in [0.15, 0.2) is 41.8 Å². The van der Waals surface area contributed by atoms with E-state index in [-0.39, 0.29) is 12.4 Å². The van der Waals surface area contributed by atoms with E-state index in [0.29, 0.717) is 42.5 Å². The number of cyclic esters (lactones) is 1. The Morgan fingerprint density at radius 1 is 1.11 bits per heavy atom. The van der Waals surface area contributed by atoms with Crippen LogP contribution in [0.5, 0.6) is 11.5 Å². The van der Waals surface area contributed by atoms with E-state index in [2.05, 4.69) is 39.4 Å². The average molecular weight is 532 g/mol. The van der Waals surface area contributed by atoms with Crippen LogP contribution >= 0.6 is 23.7 Å². The number of anilines is 2. The Morgan fingerprint density at radius 2 is 1.94 bits per heavy atom. The van der Waals surface area contributed by atoms with Crippen LogP contribution in [0.25, 0.3) is 10.1 Å². The van der Waals surface area contributed by atoms with Crippen molar-refractivity contribution in [1.82, 2.24) is 4.90 Å². The minimum Gasteiger partial charge on any atom is -0.493 e. The van der Waals surface area contributed by atoms with E-state index in [1.54, 1.807) is 23.5 Å². The number of amides is 1. The Kier molecular flexibility index (Phi) is 8.56. The van der Waals surface area contributed by atoms with E-state index >= 15 is 0 Å². The van der Waals surface area contributed by atoms with E-state index in [0.717, 1.165) is 45.4 Å². The number of carbonyl (C=O) groups is 2. The molecule has 5 rings (SSSR count). The van der Waals surface area contributed by atoms with E-state index in [1.165, 1.54) is 27.8 Å². The van der Waals surface area contributed by atoms with Gasteiger partial charge in [0.15, 0.2) is 17.8 Å². The van der Waals surface area contributed by atoms with Crippen molar-refractivity contribution in [2.45, 2.75) is 6.42 Å². The molecule has 192 valence electrons. The lowest BCUT2D eigenvalue weighted by Gasteiger charge is -2.36. The minimum absolute atomic E-state index is 0. The lowest BCUT2D eigenvalue weighted by Crippen LogP contribution is -2.46. The number of fused-ring (bicyclic) bond motifs is 1. The normalized spacial score (nSPS) is 16.1. The monoisotopic (exact) mass is 531 g/mol. The van der Waals surface area contributed by atoms with Gasteiger partial charge in [-0.05, 0) is 36.1 Å². The summed E-state index contributed by atoms with van der Waals surface area (Å²) in [6.45, 7) is 6.17. The number of ether oxygens (including phenoxy) is 3. The maximum absolute atomic E-state index is 11.9. The van der Waals surface area contributed by atoms with Gasteiger partial charge in [-0.25, -0.2) is 4.79 Å². The second-order valence-electron chi connectivity index (χ2n) is 8.59. The van der Waals surface area contributed by atoms with E-state index in [1.807, 2.05) is 0 Å². The molecule has 2 saturated heterocycles. The molecule has 0 radical (unpaired) electrons. The predicted octanol–water partition coefficient (Wildman–Crippen LogP) is 4.69. The number of thiophene rings is 1. The van der Waals surface area contributed by atoms with Crippen LogP contribution in [-0.4, -0.2) is 76.9 Å². The highest BCUT2D eigenvalue weighted by Crippen LogP contribution is 2.36. The maximum Gasteiger partial charge on any atom is 0.414 e. The smallest absolute Gasteiger partial charge is 0.414 e. The number of methoxy groups -OCH3 is 1. The van der Waals surface area contributed by atoms with Gasteiger partial charge in [0.05, 0.1) is 31.5 Å². The summed E-state index contributed by atoms with van der Waals surface area (Å²) in [5, 5.41) is 3.50. The molecule has 36 heavy (non-hydrogen) atoms. The summed E-state index contributed by atoms with van der Waals surface area (Å²) in [6.07, 6.45) is 1.14. The SMILES string of the molecule is COc1cc(N2CCOC2=O)cc(C=O)c1OCCCN1CCN(c2cccc3sccc23)CC1.Cl. The molecule has 3 aromatic rings. The van der Waals surface area contributed by atoms with Crippen molar-refractivity contribution in [2.24, 2.45) is 0 Å². The van der Waals surface area contributed by atoms with Gasteiger partial charge in [-0.1, -0.05) is 6.07 Å². The summed E-state index contributed by atoms with van der Waals surface area (Å²) in [4.78, 5) is 30.1. The van der Waals surface area contributed by atoms with Crippen molar-refractivity contribution in [1.29, 1.82) is 0 Å². The van der Waals surface area contributed by atoms with Gasteiger partial charge in [0, 0.05) is 54.6 Å². The molecule has 2 aromatic carbocycles. The number of aldehydes is 1. The molecular weight excluding hydrogens is 502 g/mol. The first-order valence-corrected chi connectivity index (χ1v) is 12.7. The van der Waals surface area contributed by atoms with Crippen LogP contribution in [0.3, 0.4) is 0 Å². The number of nitrogens with zero attached hydrogens (tertiary/aromatic N) is 3. The molecule has 0 saturated carbocycles. The van der Waals surface area contributed by atoms with Gasteiger partial charge in [0.1, 0.15) is 6.61 Å². The number of hydrogen-bond acceptors (Lipinski definition) is 8. The molecular formula is C26H30ClN3O5S. The molecule has 2 aliphatic heterocycles. The average Bonchev–Trinajstić information content (AvgIpc) is 3.55. The molecule has 0 N–H and O–H groups in total. The summed E-state index contributed by atoms with van der Waals surface area (Å²) in [5.41, 5.74) is 2.25. The molecule has 0 spiro atoms. The lowest BCUT2D eigenvalue weighted by atomic mass is 10.1. The number of halogens is 1. The molecule has 0 unspecified atom stereocenters. The van der Waals surface area contributed by atoms with Crippen LogP contribution in [0.1, 0.15) is 16.8 Å². The highest BCUT2D eigenvalue weighted by Gasteiger charge is 2.26. The Morgan fingerprint density at radius 3 is 2.67 bits per heavy atom. The first-order chi connectivity index (χ1) is 17.2. The number of rotatable bonds is 9. The molecule has 0 bridgehead atoms. The Hall–Kier alpha value is -3.01. The van der Waals surface area contributed by atoms with Crippen LogP contribution in [0.4, 0.5) is 16.2 Å². The lowest BCUT2D eigenvalue weighted by molar-refractivity contribution is 0.111. The summed E-state index contributed by atoms with van der Waals surface area (Å²) >= 11 is 1.79. The van der Waals surface area contributed by atoms with Crippen LogP contribution < -0.4 is 19.3 Å². The van der Waals surface area contributed by atoms with Crippen molar-refractivity contribution in [2.75, 3.05) is 69.4 Å². The zero-order valence-corrected chi connectivity index (χ0v) is 21.8. The molecule has 1 amide bonds. The Labute approximate surface area is 220 Å². The van der Waals surface area contributed by atoms with Gasteiger partial charge in [0.25, 0.3) is 0 Å². The number of benzene rings is 2. The standard InChI is InChI=1S/C26H29N3O5S.ClH/c1-32-23-17-20(29-12-14-34-26(29)31)16-19(18-30)25(23)33-13-3-7-27-8-10-28(11-9-27)22-4-2-5-24-21(22)6-15-35-24;/h2,4-6,15-18H,3,7-14H2,1H3;1H. The number of hydrogen-bond donors (Lipinski definition) is 0. The van der Waals surface area contributed by atoms with E-state index in [9.17, 15) is 9.59 Å². The van der Waals surface area contributed by atoms with Crippen LogP contribution in [0, 0.1) is 0 Å². The number of carbonyl (C=O) groups excluding carboxylic acids is 2. The summed E-state index contributed by atoms with van der Waals surface area (Å²) in [6, 6.07) is 12.1. The Bertz CT molecular complexity index is 1210. The van der Waals surface area contributed by atoms with Crippen molar-refractivity contribution < 1.29 is 23.8 Å². The molecule has 0 aliphatic carbocycles. The maximum atomic E-state index is 11.9. The van der Waals surface area contributed by atoms with Gasteiger partial charge in [-0.3, -0.25) is 14.6 Å². The zero-order chi connectivity index (χ0) is 24.2. The molecule has 2 fully saturated rings. The molecule has 10 heteroatoms. The van der Waals surface area contributed by atoms with Gasteiger partial charge >= 0.3 is 6.09 Å². The Balaban J connectivity index is 0.00000304. The van der Waals surface area contributed by atoms with Crippen LogP contribution in [-0.2, 0) is 4.74 Å². The number of piperazine rings is 1. The highest BCUT2D eigenvalue weighted by molar-refractivity contribution is 7.17. The second-order valence-corrected chi connectivity index (χ2v) is 9.54. The first-order valence-electron chi connectivity index (χ1n) is 11.9. The van der Waals surface area contributed by atoms with E-state index < -0.39 is 6.09 Å². The molecule has 1 aromatic heterocycles. The molecule has 8 nitrogen and oxygen atoms in total. The van der Waals surface area contributed by atoms with Gasteiger partial charge < -0.3 is 19.1 Å². The molecule has 2 aliphatic rings. The van der Waals surface area contributed by atoms with Crippen LogP contribution in [0.2, 0.25) is 0 Å². The van der Waals surface area contributed by atoms with Gasteiger partial charge in [-0.2, -0.15) is 0 Å². The second kappa shape index (κ2) is 11.8. The zero-order valence-electron chi connectivity index (χ0n) is 20.2. The van der Waals surface area contributed by atoms with E-state index in [4.69, 9.17) is 14.2 Å². The summed E-state index contributed by atoms with van der Waals surface area (Å²) in [5.74, 6) is 0.841. The topological polar surface area (TPSA) is 71.5 Å². The van der Waals surface area contributed by atoms with Crippen molar-refractivity contribution in [3.63, 3.8) is 0 Å². The predicted molar refractivity (Wildman–Crippen MR) is 145 cm³/mol. The minimum atomic E-state index is -0.426. The third kappa shape index (κ3) is 5.38. The summed E-state index contributed by atoms with van der Waals surface area (Å²) in [7, 11) is 1.53. The van der Waals surface area contributed by atoms with Gasteiger partial charge in [-0.15, -0.1) is 23.7 Å². The summed E-state index contributed by atoms with van der Waals surface area (Å²) < 4.78 is 17.8. The molecule has 0 atom stereocenters. The highest BCUT2D eigenvalue weighted by atomic mass is 35.5. The third-order valence-electron chi connectivity index (χ3n) is 6.54. The molecule has 3 heterocycles. The largest absolute Gasteiger partial charge is 0.493 e. The third-order valence-corrected chi connectivity index (χ3v) is 7.42. The van der Waals surface area contributed by atoms with Crippen molar-refractivity contribution >= 4 is 57.6 Å². The fourth-order valence-electron chi connectivity index (χ4n) is 4.71.